The summed E-state index contributed by atoms with van der Waals surface area (Å²) >= 11 is 12.5. The van der Waals surface area contributed by atoms with Gasteiger partial charge in [-0.1, -0.05) is 36.5 Å². The van der Waals surface area contributed by atoms with Gasteiger partial charge < -0.3 is 10.7 Å². The number of hydrogen-bond acceptors (Lipinski definition) is 6. The van der Waals surface area contributed by atoms with Gasteiger partial charge in [0.2, 0.25) is 0 Å². The Morgan fingerprint density at radius 2 is 1.85 bits per heavy atom. The molecule has 3 aromatic rings. The highest BCUT2D eigenvalue weighted by molar-refractivity contribution is 7.91. The minimum absolute atomic E-state index is 0.0491. The maximum absolute atomic E-state index is 14.3. The number of piperidine rings is 1. The van der Waals surface area contributed by atoms with Crippen LogP contribution in [0.1, 0.15) is 42.9 Å². The minimum atomic E-state index is -4.84. The van der Waals surface area contributed by atoms with Gasteiger partial charge in [0.1, 0.15) is 0 Å². The van der Waals surface area contributed by atoms with E-state index in [9.17, 15) is 31.2 Å². The lowest BCUT2D eigenvalue weighted by molar-refractivity contribution is -0.138. The molecule has 1 aliphatic heterocycles. The molecule has 1 aliphatic rings. The van der Waals surface area contributed by atoms with Gasteiger partial charge in [0, 0.05) is 24.2 Å². The number of hydrogen-bond donors (Lipinski definition) is 2. The normalized spacial score (nSPS) is 17.2. The molecule has 2 heterocycles. The number of nitrogens with two attached hydrogens (primary N) is 1. The van der Waals surface area contributed by atoms with Crippen LogP contribution in [0.15, 0.2) is 38.8 Å². The number of aromatic nitrogens is 2. The summed E-state index contributed by atoms with van der Waals surface area (Å²) in [6.45, 7) is 1.55. The fourth-order valence-electron chi connectivity index (χ4n) is 4.98. The number of alkyl halides is 3. The number of rotatable bonds is 7. The van der Waals surface area contributed by atoms with Crippen LogP contribution in [0.3, 0.4) is 0 Å². The van der Waals surface area contributed by atoms with Crippen molar-refractivity contribution in [2.24, 2.45) is 5.73 Å². The van der Waals surface area contributed by atoms with Crippen molar-refractivity contribution in [2.75, 3.05) is 18.8 Å². The minimum Gasteiger partial charge on any atom is -0.329 e. The highest BCUT2D eigenvalue weighted by Gasteiger charge is 2.37. The van der Waals surface area contributed by atoms with Gasteiger partial charge in [0.15, 0.2) is 9.84 Å². The predicted molar refractivity (Wildman–Crippen MR) is 144 cm³/mol. The number of aromatic amines is 1. The molecule has 0 spiro atoms. The van der Waals surface area contributed by atoms with Crippen LogP contribution in [0.25, 0.3) is 10.9 Å². The van der Waals surface area contributed by atoms with Gasteiger partial charge >= 0.3 is 11.9 Å². The fraction of sp³-hybridized carbons (Fsp3) is 0.440. The molecule has 0 bridgehead atoms. The Morgan fingerprint density at radius 1 is 1.13 bits per heavy atom. The molecule has 212 valence electrons. The van der Waals surface area contributed by atoms with Crippen LogP contribution in [0.2, 0.25) is 10.0 Å². The van der Waals surface area contributed by atoms with E-state index in [2.05, 4.69) is 4.98 Å². The molecule has 14 heteroatoms. The lowest BCUT2D eigenvalue weighted by Crippen LogP contribution is -2.43. The SMILES string of the molecule is CCS(=O)(=O)c1ccc(Cl)cc1Cn1c(=O)[nH]c2c(Cl)c(CN3CCCC[C@H]3CN)c(C(F)(F)F)cc2c1=O. The standard InChI is InChI=1S/C25H27Cl2F3N4O4S/c1-2-39(37,38)20-7-6-15(26)9-14(20)12-34-23(35)17-10-19(25(28,29)30)18(21(27)22(17)32-24(34)36)13-33-8-4-3-5-16(33)11-31/h6-7,9-10,16H,2-5,8,11-13,31H2,1H3,(H,32,36)/t16-/m0/s1. The van der Waals surface area contributed by atoms with E-state index in [4.69, 9.17) is 28.9 Å². The molecule has 0 amide bonds. The van der Waals surface area contributed by atoms with Crippen LogP contribution in [-0.4, -0.2) is 47.8 Å². The molecule has 2 aromatic carbocycles. The topological polar surface area (TPSA) is 118 Å². The second-order valence-electron chi connectivity index (χ2n) is 9.47. The molecule has 0 radical (unpaired) electrons. The van der Waals surface area contributed by atoms with E-state index in [1.54, 1.807) is 0 Å². The van der Waals surface area contributed by atoms with Crippen molar-refractivity contribution in [1.29, 1.82) is 0 Å². The van der Waals surface area contributed by atoms with Gasteiger partial charge in [-0.3, -0.25) is 14.3 Å². The van der Waals surface area contributed by atoms with Crippen LogP contribution < -0.4 is 17.0 Å². The second-order valence-corrected chi connectivity index (χ2v) is 12.5. The summed E-state index contributed by atoms with van der Waals surface area (Å²) < 4.78 is 68.5. The third-order valence-electron chi connectivity index (χ3n) is 7.07. The van der Waals surface area contributed by atoms with Crippen molar-refractivity contribution in [3.05, 3.63) is 71.8 Å². The molecular formula is C25H27Cl2F3N4O4S. The number of nitrogens with zero attached hydrogens (tertiary/aromatic N) is 2. The summed E-state index contributed by atoms with van der Waals surface area (Å²) in [5.74, 6) is -0.250. The zero-order chi connectivity index (χ0) is 28.7. The Balaban J connectivity index is 1.90. The van der Waals surface area contributed by atoms with Crippen molar-refractivity contribution in [2.45, 2.75) is 56.4 Å². The molecule has 4 rings (SSSR count). The number of sulfone groups is 1. The van der Waals surface area contributed by atoms with Crippen molar-refractivity contribution >= 4 is 43.9 Å². The zero-order valence-corrected chi connectivity index (χ0v) is 23.3. The number of halogens is 5. The largest absolute Gasteiger partial charge is 0.416 e. The van der Waals surface area contributed by atoms with E-state index in [1.807, 2.05) is 4.90 Å². The van der Waals surface area contributed by atoms with Crippen molar-refractivity contribution in [3.63, 3.8) is 0 Å². The molecule has 1 aromatic heterocycles. The molecule has 1 atom stereocenters. The number of nitrogens with one attached hydrogen (secondary N) is 1. The van der Waals surface area contributed by atoms with E-state index < -0.39 is 44.8 Å². The Labute approximate surface area is 232 Å². The van der Waals surface area contributed by atoms with Crippen LogP contribution in [0, 0.1) is 0 Å². The fourth-order valence-corrected chi connectivity index (χ4v) is 6.60. The average Bonchev–Trinajstić information content (AvgIpc) is 2.88. The lowest BCUT2D eigenvalue weighted by atomic mass is 9.98. The molecule has 1 fully saturated rings. The Kier molecular flexibility index (Phi) is 8.53. The molecule has 0 unspecified atom stereocenters. The first-order chi connectivity index (χ1) is 18.3. The van der Waals surface area contributed by atoms with Gasteiger partial charge in [-0.25, -0.2) is 13.2 Å². The molecule has 0 aliphatic carbocycles. The van der Waals surface area contributed by atoms with Crippen LogP contribution in [0.4, 0.5) is 13.2 Å². The van der Waals surface area contributed by atoms with Crippen molar-refractivity contribution in [3.8, 4) is 0 Å². The number of H-pyrrole nitrogens is 1. The summed E-state index contributed by atoms with van der Waals surface area (Å²) in [6.07, 6.45) is -2.39. The quantitative estimate of drug-likeness (QED) is 0.417. The second kappa shape index (κ2) is 11.2. The summed E-state index contributed by atoms with van der Waals surface area (Å²) in [4.78, 5) is 30.6. The van der Waals surface area contributed by atoms with Gasteiger partial charge in [0.25, 0.3) is 5.56 Å². The first-order valence-electron chi connectivity index (χ1n) is 12.3. The summed E-state index contributed by atoms with van der Waals surface area (Å²) in [7, 11) is -3.76. The third kappa shape index (κ3) is 5.90. The molecule has 0 saturated carbocycles. The highest BCUT2D eigenvalue weighted by Crippen LogP contribution is 2.39. The first-order valence-corrected chi connectivity index (χ1v) is 14.7. The van der Waals surface area contributed by atoms with Gasteiger partial charge in [0.05, 0.1) is 38.7 Å². The van der Waals surface area contributed by atoms with E-state index in [-0.39, 0.29) is 56.5 Å². The van der Waals surface area contributed by atoms with E-state index in [0.29, 0.717) is 17.2 Å². The molecular weight excluding hydrogens is 580 g/mol. The highest BCUT2D eigenvalue weighted by atomic mass is 35.5. The summed E-state index contributed by atoms with van der Waals surface area (Å²) in [6, 6.07) is 4.48. The van der Waals surface area contributed by atoms with Crippen molar-refractivity contribution < 1.29 is 21.6 Å². The lowest BCUT2D eigenvalue weighted by Gasteiger charge is -2.35. The number of fused-ring (bicyclic) bond motifs is 1. The zero-order valence-electron chi connectivity index (χ0n) is 20.9. The first kappa shape index (κ1) is 29.6. The van der Waals surface area contributed by atoms with Gasteiger partial charge in [-0.2, -0.15) is 13.2 Å². The predicted octanol–water partition coefficient (Wildman–Crippen LogP) is 4.17. The van der Waals surface area contributed by atoms with Gasteiger partial charge in [-0.05, 0) is 54.8 Å². The monoisotopic (exact) mass is 606 g/mol. The molecule has 39 heavy (non-hydrogen) atoms. The average molecular weight is 607 g/mol. The van der Waals surface area contributed by atoms with Crippen LogP contribution >= 0.6 is 23.2 Å². The number of likely N-dealkylation sites (tertiary alicyclic amines) is 1. The molecule has 3 N–H and O–H groups in total. The van der Waals surface area contributed by atoms with Gasteiger partial charge in [-0.15, -0.1) is 0 Å². The van der Waals surface area contributed by atoms with E-state index in [1.165, 1.54) is 25.1 Å². The number of benzene rings is 2. The summed E-state index contributed by atoms with van der Waals surface area (Å²) in [5, 5.41) is -0.669. The third-order valence-corrected chi connectivity index (χ3v) is 9.55. The Morgan fingerprint density at radius 3 is 2.49 bits per heavy atom. The van der Waals surface area contributed by atoms with E-state index >= 15 is 0 Å². The van der Waals surface area contributed by atoms with Crippen LogP contribution in [0.5, 0.6) is 0 Å². The maximum atomic E-state index is 14.3. The smallest absolute Gasteiger partial charge is 0.329 e. The van der Waals surface area contributed by atoms with Crippen molar-refractivity contribution in [1.82, 2.24) is 14.5 Å². The maximum Gasteiger partial charge on any atom is 0.416 e. The van der Waals surface area contributed by atoms with E-state index in [0.717, 1.165) is 19.3 Å². The van der Waals surface area contributed by atoms with Crippen LogP contribution in [-0.2, 0) is 29.1 Å². The molecule has 8 nitrogen and oxygen atoms in total. The summed E-state index contributed by atoms with van der Waals surface area (Å²) in [5.41, 5.74) is 2.31. The molecule has 1 saturated heterocycles. The Bertz CT molecular complexity index is 1640. The Hall–Kier alpha value is -2.38.